The van der Waals surface area contributed by atoms with Gasteiger partial charge in [0.05, 0.1) is 25.2 Å². The van der Waals surface area contributed by atoms with E-state index in [0.717, 1.165) is 82.7 Å². The van der Waals surface area contributed by atoms with Gasteiger partial charge in [0.15, 0.2) is 7.14 Å². The average Bonchev–Trinajstić information content (AvgIpc) is 3.67. The molecule has 276 valence electrons. The lowest BCUT2D eigenvalue weighted by atomic mass is 9.65. The number of benzene rings is 7. The molecule has 2 aliphatic rings. The summed E-state index contributed by atoms with van der Waals surface area (Å²) in [6.07, 6.45) is 0. The molecule has 0 radical (unpaired) electrons. The number of carbonyl (C=O) groups excluding carboxylic acids is 1. The average molecular weight is 753 g/mol. The fourth-order valence-corrected chi connectivity index (χ4v) is 12.0. The van der Waals surface area contributed by atoms with Gasteiger partial charge in [0.25, 0.3) is 0 Å². The lowest BCUT2D eigenvalue weighted by Crippen LogP contribution is -2.30. The van der Waals surface area contributed by atoms with E-state index in [4.69, 9.17) is 14.2 Å². The number of methoxy groups -OCH3 is 2. The molecule has 6 heteroatoms. The van der Waals surface area contributed by atoms with Crippen molar-refractivity contribution >= 4 is 45.4 Å². The van der Waals surface area contributed by atoms with Gasteiger partial charge < -0.3 is 18.8 Å². The summed E-state index contributed by atoms with van der Waals surface area (Å²) >= 11 is 0. The van der Waals surface area contributed by atoms with Crippen LogP contribution in [0.1, 0.15) is 58.9 Å². The number of hydrogen-bond donors (Lipinski definition) is 0. The van der Waals surface area contributed by atoms with E-state index in [0.29, 0.717) is 5.56 Å². The lowest BCUT2D eigenvalue weighted by molar-refractivity contribution is 0.00695. The highest BCUT2D eigenvalue weighted by molar-refractivity contribution is 7.88. The van der Waals surface area contributed by atoms with Crippen molar-refractivity contribution < 1.29 is 23.6 Å². The monoisotopic (exact) mass is 752 g/mol. The van der Waals surface area contributed by atoms with Crippen LogP contribution in [0.4, 0.5) is 0 Å². The van der Waals surface area contributed by atoms with Crippen LogP contribution >= 0.6 is 7.14 Å². The van der Waals surface area contributed by atoms with Gasteiger partial charge in [-0.3, -0.25) is 0 Å². The number of ether oxygens (including phenoxy) is 3. The normalized spacial score (nSPS) is 16.6. The zero-order valence-corrected chi connectivity index (χ0v) is 32.9. The van der Waals surface area contributed by atoms with Crippen LogP contribution in [0.2, 0.25) is 0 Å². The standard InChI is InChI=1S/C50H41O5P/c1-49(2,3)55-48(51)36-15-11-14-32(28-36)35-18-27-42-44(30-35)50(37-19-23-39(53-4)24-20-37,38-21-25-40(54-5)26-22-38)46-43-29-33-12-9-10-13-34(33)31-45(43)56(52,47(42)46)41-16-7-6-8-17-41/h6-31H,1-5H3. The third-order valence-corrected chi connectivity index (χ3v) is 14.2. The summed E-state index contributed by atoms with van der Waals surface area (Å²) in [5.41, 5.74) is 6.68. The lowest BCUT2D eigenvalue weighted by Gasteiger charge is -2.36. The van der Waals surface area contributed by atoms with E-state index in [1.807, 2.05) is 99.6 Å². The Balaban J connectivity index is 1.40. The van der Waals surface area contributed by atoms with Crippen molar-refractivity contribution in [3.63, 3.8) is 0 Å². The van der Waals surface area contributed by atoms with E-state index >= 15 is 4.57 Å². The molecule has 5 nitrogen and oxygen atoms in total. The molecule has 7 aromatic carbocycles. The molecule has 0 amide bonds. The summed E-state index contributed by atoms with van der Waals surface area (Å²) in [6.45, 7) is 5.61. The van der Waals surface area contributed by atoms with E-state index in [-0.39, 0.29) is 5.97 Å². The van der Waals surface area contributed by atoms with Gasteiger partial charge in [-0.15, -0.1) is 0 Å². The molecule has 0 saturated carbocycles. The van der Waals surface area contributed by atoms with Gasteiger partial charge in [-0.05, 0) is 131 Å². The fourth-order valence-electron chi connectivity index (χ4n) is 8.67. The molecule has 0 N–H and O–H groups in total. The SMILES string of the molecule is COc1ccc(C2(c3ccc(OC)cc3)C3=C(c4ccc(-c5cccc(C(=O)OC(C)(C)C)c5)cc42)P(=O)(c2ccccc2)c2cc4ccccc4cc23)cc1. The maximum atomic E-state index is 16.6. The summed E-state index contributed by atoms with van der Waals surface area (Å²) in [7, 11) is -0.118. The molecule has 1 heterocycles. The zero-order chi connectivity index (χ0) is 38.8. The molecule has 0 aromatic heterocycles. The molecular weight excluding hydrogens is 712 g/mol. The van der Waals surface area contributed by atoms with E-state index in [9.17, 15) is 4.79 Å². The van der Waals surface area contributed by atoms with Crippen molar-refractivity contribution in [2.75, 3.05) is 14.2 Å². The molecule has 1 atom stereocenters. The van der Waals surface area contributed by atoms with Crippen LogP contribution in [0.15, 0.2) is 158 Å². The van der Waals surface area contributed by atoms with Crippen LogP contribution in [0, 0.1) is 0 Å². The quantitative estimate of drug-likeness (QED) is 0.120. The van der Waals surface area contributed by atoms with Gasteiger partial charge in [-0.25, -0.2) is 4.79 Å². The Morgan fingerprint density at radius 1 is 0.589 bits per heavy atom. The zero-order valence-electron chi connectivity index (χ0n) is 32.0. The Morgan fingerprint density at radius 2 is 1.18 bits per heavy atom. The van der Waals surface area contributed by atoms with Gasteiger partial charge in [-0.1, -0.05) is 103 Å². The molecule has 1 aliphatic carbocycles. The van der Waals surface area contributed by atoms with Crippen molar-refractivity contribution in [2.24, 2.45) is 0 Å². The van der Waals surface area contributed by atoms with Crippen LogP contribution < -0.4 is 20.1 Å². The molecule has 1 unspecified atom stereocenters. The van der Waals surface area contributed by atoms with E-state index in [2.05, 4.69) is 72.8 Å². The van der Waals surface area contributed by atoms with Gasteiger partial charge >= 0.3 is 5.97 Å². The molecule has 0 spiro atoms. The third-order valence-electron chi connectivity index (χ3n) is 11.1. The number of allylic oxidation sites excluding steroid dienone is 1. The van der Waals surface area contributed by atoms with Gasteiger partial charge in [0, 0.05) is 15.9 Å². The molecule has 0 bridgehead atoms. The molecular formula is C50H41O5P. The van der Waals surface area contributed by atoms with Crippen molar-refractivity contribution in [1.82, 2.24) is 0 Å². The second-order valence-corrected chi connectivity index (χ2v) is 18.1. The number of carbonyl (C=O) groups is 1. The number of rotatable bonds is 7. The van der Waals surface area contributed by atoms with Gasteiger partial charge in [0.2, 0.25) is 0 Å². The Morgan fingerprint density at radius 3 is 1.79 bits per heavy atom. The first kappa shape index (κ1) is 35.5. The minimum atomic E-state index is -3.46. The number of hydrogen-bond acceptors (Lipinski definition) is 5. The summed E-state index contributed by atoms with van der Waals surface area (Å²) in [4.78, 5) is 13.3. The number of fused-ring (bicyclic) bond motifs is 5. The molecule has 0 fully saturated rings. The minimum Gasteiger partial charge on any atom is -0.497 e. The first-order valence-corrected chi connectivity index (χ1v) is 20.5. The van der Waals surface area contributed by atoms with Crippen molar-refractivity contribution in [3.05, 3.63) is 191 Å². The smallest absolute Gasteiger partial charge is 0.338 e. The summed E-state index contributed by atoms with van der Waals surface area (Å²) in [6, 6.07) is 53.2. The minimum absolute atomic E-state index is 0.375. The predicted octanol–water partition coefficient (Wildman–Crippen LogP) is 11.0. The Labute approximate surface area is 327 Å². The second-order valence-electron chi connectivity index (χ2n) is 15.4. The molecule has 1 aliphatic heterocycles. The first-order valence-electron chi connectivity index (χ1n) is 18.8. The molecule has 7 aromatic rings. The molecule has 56 heavy (non-hydrogen) atoms. The van der Waals surface area contributed by atoms with Crippen molar-refractivity contribution in [1.29, 1.82) is 0 Å². The van der Waals surface area contributed by atoms with E-state index in [1.165, 1.54) is 0 Å². The Bertz CT molecular complexity index is 2710. The highest BCUT2D eigenvalue weighted by Gasteiger charge is 2.57. The Hall–Kier alpha value is -6.16. The van der Waals surface area contributed by atoms with E-state index in [1.54, 1.807) is 20.3 Å². The summed E-state index contributed by atoms with van der Waals surface area (Å²) in [5.74, 6) is 1.11. The largest absolute Gasteiger partial charge is 0.497 e. The van der Waals surface area contributed by atoms with Crippen LogP contribution in [-0.4, -0.2) is 25.8 Å². The fraction of sp³-hybridized carbons (Fsp3) is 0.140. The van der Waals surface area contributed by atoms with Crippen LogP contribution in [0.25, 0.3) is 32.8 Å². The summed E-state index contributed by atoms with van der Waals surface area (Å²) in [5, 5.41) is 4.61. The van der Waals surface area contributed by atoms with E-state index < -0.39 is 18.2 Å². The van der Waals surface area contributed by atoms with Crippen LogP contribution in [0.5, 0.6) is 11.5 Å². The predicted molar refractivity (Wildman–Crippen MR) is 227 cm³/mol. The topological polar surface area (TPSA) is 61.8 Å². The third kappa shape index (κ3) is 5.44. The second kappa shape index (κ2) is 13.3. The van der Waals surface area contributed by atoms with Crippen molar-refractivity contribution in [3.8, 4) is 22.6 Å². The highest BCUT2D eigenvalue weighted by Crippen LogP contribution is 2.74. The number of esters is 1. The van der Waals surface area contributed by atoms with Crippen molar-refractivity contribution in [2.45, 2.75) is 31.8 Å². The van der Waals surface area contributed by atoms with Gasteiger partial charge in [-0.2, -0.15) is 0 Å². The van der Waals surface area contributed by atoms with Crippen LogP contribution in [-0.2, 0) is 14.7 Å². The summed E-state index contributed by atoms with van der Waals surface area (Å²) < 4.78 is 33.8. The maximum Gasteiger partial charge on any atom is 0.338 e. The highest BCUT2D eigenvalue weighted by atomic mass is 31.2. The Kier molecular flexibility index (Phi) is 8.41. The first-order chi connectivity index (χ1) is 27.1. The maximum absolute atomic E-state index is 16.6. The van der Waals surface area contributed by atoms with Gasteiger partial charge in [0.1, 0.15) is 17.1 Å². The molecule has 9 rings (SSSR count). The molecule has 0 saturated heterocycles. The van der Waals surface area contributed by atoms with Crippen LogP contribution in [0.3, 0.4) is 0 Å².